The van der Waals surface area contributed by atoms with Crippen molar-refractivity contribution < 1.29 is 14.6 Å². The van der Waals surface area contributed by atoms with Gasteiger partial charge in [0, 0.05) is 11.6 Å². The Morgan fingerprint density at radius 1 is 1.13 bits per heavy atom. The van der Waals surface area contributed by atoms with Crippen molar-refractivity contribution >= 4 is 16.7 Å². The summed E-state index contributed by atoms with van der Waals surface area (Å²) in [4.78, 5) is 24.4. The highest BCUT2D eigenvalue weighted by Crippen LogP contribution is 2.21. The van der Waals surface area contributed by atoms with E-state index in [1.54, 1.807) is 61.7 Å². The molecular weight excluding hydrogens is 294 g/mol. The maximum absolute atomic E-state index is 12.7. The quantitative estimate of drug-likeness (QED) is 0.804. The van der Waals surface area contributed by atoms with Crippen LogP contribution < -0.4 is 10.3 Å². The minimum absolute atomic E-state index is 0.346. The van der Waals surface area contributed by atoms with Crippen LogP contribution in [-0.4, -0.2) is 22.8 Å². The molecule has 2 aromatic carbocycles. The monoisotopic (exact) mass is 309 g/mol. The summed E-state index contributed by atoms with van der Waals surface area (Å²) in [5.74, 6) is -0.432. The fraction of sp³-hybridized carbons (Fsp3) is 0.111. The molecule has 1 aromatic heterocycles. The number of carboxylic acid groups (broad SMARTS) is 1. The van der Waals surface area contributed by atoms with Crippen LogP contribution in [0.5, 0.6) is 5.75 Å². The van der Waals surface area contributed by atoms with Gasteiger partial charge < -0.3 is 9.84 Å². The molecule has 3 aromatic rings. The standard InChI is InChI=1S/C18H15NO4/c1-23-14-7-8-15-13(11-14)9-10-19(17(15)20)16(18(21)22)12-5-3-2-4-6-12/h2-11,16H,1H3,(H,21,22). The molecule has 0 amide bonds. The van der Waals surface area contributed by atoms with E-state index in [1.807, 2.05) is 0 Å². The summed E-state index contributed by atoms with van der Waals surface area (Å²) in [6.45, 7) is 0. The summed E-state index contributed by atoms with van der Waals surface area (Å²) >= 11 is 0. The van der Waals surface area contributed by atoms with Crippen LogP contribution in [0.2, 0.25) is 0 Å². The number of fused-ring (bicyclic) bond motifs is 1. The van der Waals surface area contributed by atoms with E-state index in [1.165, 1.54) is 10.8 Å². The number of rotatable bonds is 4. The van der Waals surface area contributed by atoms with Gasteiger partial charge in [-0.25, -0.2) is 4.79 Å². The van der Waals surface area contributed by atoms with Crippen LogP contribution in [0.25, 0.3) is 10.8 Å². The van der Waals surface area contributed by atoms with Crippen LogP contribution in [-0.2, 0) is 4.79 Å². The summed E-state index contributed by atoms with van der Waals surface area (Å²) in [5.41, 5.74) is 0.205. The highest BCUT2D eigenvalue weighted by atomic mass is 16.5. The normalized spacial score (nSPS) is 12.0. The average Bonchev–Trinajstić information content (AvgIpc) is 2.57. The number of benzene rings is 2. The molecule has 0 radical (unpaired) electrons. The van der Waals surface area contributed by atoms with Gasteiger partial charge in [0.25, 0.3) is 5.56 Å². The van der Waals surface area contributed by atoms with Crippen molar-refractivity contribution in [2.75, 3.05) is 7.11 Å². The summed E-state index contributed by atoms with van der Waals surface area (Å²) < 4.78 is 6.39. The van der Waals surface area contributed by atoms with Crippen molar-refractivity contribution in [1.29, 1.82) is 0 Å². The van der Waals surface area contributed by atoms with Crippen molar-refractivity contribution in [1.82, 2.24) is 4.57 Å². The molecule has 1 atom stereocenters. The van der Waals surface area contributed by atoms with Gasteiger partial charge in [-0.05, 0) is 35.2 Å². The Hall–Kier alpha value is -3.08. The van der Waals surface area contributed by atoms with E-state index >= 15 is 0 Å². The number of carboxylic acids is 1. The van der Waals surface area contributed by atoms with Gasteiger partial charge in [0.05, 0.1) is 7.11 Å². The zero-order valence-electron chi connectivity index (χ0n) is 12.5. The third-order valence-electron chi connectivity index (χ3n) is 3.77. The van der Waals surface area contributed by atoms with Gasteiger partial charge in [0.2, 0.25) is 0 Å². The number of hydrogen-bond donors (Lipinski definition) is 1. The lowest BCUT2D eigenvalue weighted by Gasteiger charge is -2.16. The van der Waals surface area contributed by atoms with Crippen molar-refractivity contribution in [2.24, 2.45) is 0 Å². The van der Waals surface area contributed by atoms with E-state index in [4.69, 9.17) is 4.74 Å². The molecule has 1 N–H and O–H groups in total. The molecule has 23 heavy (non-hydrogen) atoms. The Kier molecular flexibility index (Phi) is 3.85. The van der Waals surface area contributed by atoms with Crippen molar-refractivity contribution in [3.05, 3.63) is 76.7 Å². The predicted molar refractivity (Wildman–Crippen MR) is 87.0 cm³/mol. The molecular formula is C18H15NO4. The van der Waals surface area contributed by atoms with E-state index in [2.05, 4.69) is 0 Å². The van der Waals surface area contributed by atoms with Gasteiger partial charge in [-0.3, -0.25) is 9.36 Å². The fourth-order valence-electron chi connectivity index (χ4n) is 2.63. The van der Waals surface area contributed by atoms with Crippen LogP contribution in [0.1, 0.15) is 11.6 Å². The van der Waals surface area contributed by atoms with Crippen molar-refractivity contribution in [2.45, 2.75) is 6.04 Å². The van der Waals surface area contributed by atoms with Gasteiger partial charge in [-0.15, -0.1) is 0 Å². The van der Waals surface area contributed by atoms with Gasteiger partial charge in [0.15, 0.2) is 6.04 Å². The summed E-state index contributed by atoms with van der Waals surface area (Å²) in [7, 11) is 1.55. The van der Waals surface area contributed by atoms with Crippen molar-refractivity contribution in [3.8, 4) is 5.75 Å². The third-order valence-corrected chi connectivity index (χ3v) is 3.77. The van der Waals surface area contributed by atoms with Crippen molar-refractivity contribution in [3.63, 3.8) is 0 Å². The average molecular weight is 309 g/mol. The lowest BCUT2D eigenvalue weighted by Crippen LogP contribution is -2.30. The lowest BCUT2D eigenvalue weighted by atomic mass is 10.1. The van der Waals surface area contributed by atoms with Crippen LogP contribution in [0.3, 0.4) is 0 Å². The molecule has 5 heteroatoms. The first kappa shape index (κ1) is 14.8. The molecule has 0 spiro atoms. The highest BCUT2D eigenvalue weighted by Gasteiger charge is 2.23. The molecule has 0 fully saturated rings. The fourth-order valence-corrected chi connectivity index (χ4v) is 2.63. The number of carbonyl (C=O) groups is 1. The second-order valence-corrected chi connectivity index (χ2v) is 5.13. The zero-order chi connectivity index (χ0) is 16.4. The number of ether oxygens (including phenoxy) is 1. The molecule has 0 aliphatic carbocycles. The number of methoxy groups -OCH3 is 1. The maximum atomic E-state index is 12.7. The summed E-state index contributed by atoms with van der Waals surface area (Å²) in [6.07, 6.45) is 1.51. The SMILES string of the molecule is COc1ccc2c(=O)n(C(C(=O)O)c3ccccc3)ccc2c1. The molecule has 1 heterocycles. The molecule has 0 saturated carbocycles. The van der Waals surface area contributed by atoms with E-state index in [0.717, 1.165) is 0 Å². The van der Waals surface area contributed by atoms with Gasteiger partial charge in [-0.2, -0.15) is 0 Å². The first-order chi connectivity index (χ1) is 11.1. The van der Waals surface area contributed by atoms with Gasteiger partial charge in [0.1, 0.15) is 5.75 Å². The Labute approximate surface area is 132 Å². The topological polar surface area (TPSA) is 68.5 Å². The second-order valence-electron chi connectivity index (χ2n) is 5.13. The second kappa shape index (κ2) is 5.96. The first-order valence-electron chi connectivity index (χ1n) is 7.08. The smallest absolute Gasteiger partial charge is 0.331 e. The summed E-state index contributed by atoms with van der Waals surface area (Å²) in [6, 6.07) is 14.4. The Balaban J connectivity index is 2.20. The lowest BCUT2D eigenvalue weighted by molar-refractivity contribution is -0.139. The number of pyridine rings is 1. The van der Waals surface area contributed by atoms with E-state index in [0.29, 0.717) is 22.1 Å². The van der Waals surface area contributed by atoms with E-state index in [9.17, 15) is 14.7 Å². The minimum Gasteiger partial charge on any atom is -0.497 e. The van der Waals surface area contributed by atoms with Gasteiger partial charge in [-0.1, -0.05) is 30.3 Å². The number of nitrogens with zero attached hydrogens (tertiary/aromatic N) is 1. The Bertz CT molecular complexity index is 915. The molecule has 0 bridgehead atoms. The molecule has 5 nitrogen and oxygen atoms in total. The van der Waals surface area contributed by atoms with Crippen LogP contribution in [0.4, 0.5) is 0 Å². The van der Waals surface area contributed by atoms with Gasteiger partial charge >= 0.3 is 5.97 Å². The summed E-state index contributed by atoms with van der Waals surface area (Å²) in [5, 5.41) is 10.7. The number of aromatic nitrogens is 1. The molecule has 0 saturated heterocycles. The zero-order valence-corrected chi connectivity index (χ0v) is 12.5. The molecule has 0 aliphatic rings. The van der Waals surface area contributed by atoms with Crippen LogP contribution >= 0.6 is 0 Å². The first-order valence-corrected chi connectivity index (χ1v) is 7.08. The molecule has 0 aliphatic heterocycles. The Morgan fingerprint density at radius 2 is 1.87 bits per heavy atom. The molecule has 1 unspecified atom stereocenters. The number of hydrogen-bond acceptors (Lipinski definition) is 3. The number of aliphatic carboxylic acids is 1. The molecule has 116 valence electrons. The molecule has 3 rings (SSSR count). The van der Waals surface area contributed by atoms with Crippen LogP contribution in [0.15, 0.2) is 65.6 Å². The Morgan fingerprint density at radius 3 is 2.52 bits per heavy atom. The third kappa shape index (κ3) is 2.68. The van der Waals surface area contributed by atoms with E-state index < -0.39 is 12.0 Å². The van der Waals surface area contributed by atoms with E-state index in [-0.39, 0.29) is 5.56 Å². The highest BCUT2D eigenvalue weighted by molar-refractivity contribution is 5.84. The minimum atomic E-state index is -1.08. The predicted octanol–water partition coefficient (Wildman–Crippen LogP) is 2.68. The maximum Gasteiger partial charge on any atom is 0.331 e. The van der Waals surface area contributed by atoms with Crippen LogP contribution in [0, 0.1) is 0 Å². The largest absolute Gasteiger partial charge is 0.497 e.